The first-order valence-corrected chi connectivity index (χ1v) is 11.7. The molecule has 2 atom stereocenters. The van der Waals surface area contributed by atoms with Crippen LogP contribution in [0.2, 0.25) is 0 Å². The van der Waals surface area contributed by atoms with Crippen LogP contribution < -0.4 is 11.5 Å². The molecule has 0 aliphatic rings. The lowest BCUT2D eigenvalue weighted by atomic mass is 9.93. The number of hydrogen-bond acceptors (Lipinski definition) is 4. The van der Waals surface area contributed by atoms with Crippen molar-refractivity contribution in [2.75, 3.05) is 0 Å². The summed E-state index contributed by atoms with van der Waals surface area (Å²) in [5.74, 6) is 0. The quantitative estimate of drug-likeness (QED) is 0.318. The highest BCUT2D eigenvalue weighted by Gasteiger charge is 2.23. The highest BCUT2D eigenvalue weighted by atomic mass is 32.1. The van der Waals surface area contributed by atoms with Gasteiger partial charge in [0.2, 0.25) is 0 Å². The van der Waals surface area contributed by atoms with E-state index in [0.717, 1.165) is 11.1 Å². The maximum atomic E-state index is 6.83. The zero-order valence-corrected chi connectivity index (χ0v) is 17.8. The third-order valence-corrected chi connectivity index (χ3v) is 8.45. The average Bonchev–Trinajstić information content (AvgIpc) is 3.36. The fraction of sp³-hybridized carbons (Fsp3) is 0.0769. The lowest BCUT2D eigenvalue weighted by molar-refractivity contribution is 0.582. The zero-order valence-electron chi connectivity index (χ0n) is 16.2. The number of fused-ring (bicyclic) bond motifs is 6. The summed E-state index contributed by atoms with van der Waals surface area (Å²) in [6.07, 6.45) is 0. The van der Waals surface area contributed by atoms with Crippen LogP contribution in [0, 0.1) is 0 Å². The van der Waals surface area contributed by atoms with Crippen LogP contribution in [0.25, 0.3) is 40.3 Å². The van der Waals surface area contributed by atoms with Crippen molar-refractivity contribution in [3.63, 3.8) is 0 Å². The van der Waals surface area contributed by atoms with Gasteiger partial charge in [0.05, 0.1) is 12.1 Å². The molecule has 4 aromatic carbocycles. The minimum Gasteiger partial charge on any atom is -0.322 e. The Morgan fingerprint density at radius 3 is 1.33 bits per heavy atom. The summed E-state index contributed by atoms with van der Waals surface area (Å²) in [4.78, 5) is 0. The van der Waals surface area contributed by atoms with Crippen molar-refractivity contribution >= 4 is 63.0 Å². The molecule has 2 unspecified atom stereocenters. The molecular formula is C26H20N2S2. The molecule has 2 nitrogen and oxygen atoms in total. The van der Waals surface area contributed by atoms with Gasteiger partial charge >= 0.3 is 0 Å². The molecule has 0 spiro atoms. The number of thiophene rings is 2. The smallest absolute Gasteiger partial charge is 0.0505 e. The van der Waals surface area contributed by atoms with E-state index in [9.17, 15) is 0 Å². The summed E-state index contributed by atoms with van der Waals surface area (Å²) in [5.41, 5.74) is 15.9. The molecule has 30 heavy (non-hydrogen) atoms. The Bertz CT molecular complexity index is 1430. The molecule has 0 radical (unpaired) electrons. The number of nitrogens with two attached hydrogens (primary N) is 2. The summed E-state index contributed by atoms with van der Waals surface area (Å²) >= 11 is 3.61. The largest absolute Gasteiger partial charge is 0.322 e. The molecule has 0 bridgehead atoms. The summed E-state index contributed by atoms with van der Waals surface area (Å²) < 4.78 is 5.05. The van der Waals surface area contributed by atoms with E-state index in [1.807, 2.05) is 0 Å². The average molecular weight is 425 g/mol. The van der Waals surface area contributed by atoms with Gasteiger partial charge in [-0.1, -0.05) is 72.8 Å². The third kappa shape index (κ3) is 2.62. The Kier molecular flexibility index (Phi) is 4.15. The Labute approximate surface area is 182 Å². The third-order valence-electron chi connectivity index (χ3n) is 5.97. The first-order chi connectivity index (χ1) is 14.7. The summed E-state index contributed by atoms with van der Waals surface area (Å²) in [6.45, 7) is 0. The van der Waals surface area contributed by atoms with Crippen molar-refractivity contribution in [3.8, 4) is 0 Å². The van der Waals surface area contributed by atoms with Crippen molar-refractivity contribution in [2.24, 2.45) is 11.5 Å². The van der Waals surface area contributed by atoms with Gasteiger partial charge in [0.25, 0.3) is 0 Å². The van der Waals surface area contributed by atoms with E-state index in [2.05, 4.69) is 84.9 Å². The SMILES string of the molecule is NC(c1cccc2c1sc1ccccc12)C(N)c1cccc2c1sc1ccccc12. The van der Waals surface area contributed by atoms with Crippen molar-refractivity contribution in [2.45, 2.75) is 12.1 Å². The van der Waals surface area contributed by atoms with Gasteiger partial charge < -0.3 is 11.5 Å². The van der Waals surface area contributed by atoms with Crippen LogP contribution in [-0.2, 0) is 0 Å². The highest BCUT2D eigenvalue weighted by molar-refractivity contribution is 7.26. The van der Waals surface area contributed by atoms with Crippen molar-refractivity contribution in [3.05, 3.63) is 96.1 Å². The predicted molar refractivity (Wildman–Crippen MR) is 133 cm³/mol. The van der Waals surface area contributed by atoms with Crippen molar-refractivity contribution < 1.29 is 0 Å². The normalized spacial score (nSPS) is 14.1. The van der Waals surface area contributed by atoms with Gasteiger partial charge in [-0.05, 0) is 23.3 Å². The van der Waals surface area contributed by atoms with Crippen molar-refractivity contribution in [1.82, 2.24) is 0 Å². The number of rotatable bonds is 3. The van der Waals surface area contributed by atoms with E-state index >= 15 is 0 Å². The van der Waals surface area contributed by atoms with E-state index in [4.69, 9.17) is 11.5 Å². The molecule has 2 aromatic heterocycles. The van der Waals surface area contributed by atoms with E-state index in [1.54, 1.807) is 22.7 Å². The van der Waals surface area contributed by atoms with E-state index in [-0.39, 0.29) is 12.1 Å². The van der Waals surface area contributed by atoms with Gasteiger partial charge in [-0.15, -0.1) is 22.7 Å². The standard InChI is InChI=1S/C26H20N2S2/c27-23(19-11-5-9-17-15-7-1-3-13-21(15)29-25(17)19)24(28)20-12-6-10-18-16-8-2-4-14-22(16)30-26(18)20/h1-14,23-24H,27-28H2. The van der Waals surface area contributed by atoms with Crippen LogP contribution in [0.4, 0.5) is 0 Å². The van der Waals surface area contributed by atoms with E-state index < -0.39 is 0 Å². The van der Waals surface area contributed by atoms with E-state index in [0.29, 0.717) is 0 Å². The fourth-order valence-electron chi connectivity index (χ4n) is 4.45. The molecule has 4 N–H and O–H groups in total. The lowest BCUT2D eigenvalue weighted by Gasteiger charge is -2.22. The van der Waals surface area contributed by atoms with Gasteiger partial charge in [-0.25, -0.2) is 0 Å². The molecule has 4 heteroatoms. The van der Waals surface area contributed by atoms with Gasteiger partial charge in [0.15, 0.2) is 0 Å². The number of hydrogen-bond donors (Lipinski definition) is 2. The second-order valence-corrected chi connectivity index (χ2v) is 9.80. The molecule has 6 rings (SSSR count). The monoisotopic (exact) mass is 424 g/mol. The second kappa shape index (κ2) is 6.89. The van der Waals surface area contributed by atoms with Crippen LogP contribution in [0.3, 0.4) is 0 Å². The Balaban J connectivity index is 1.51. The van der Waals surface area contributed by atoms with Crippen LogP contribution >= 0.6 is 22.7 Å². The molecular weight excluding hydrogens is 404 g/mol. The Morgan fingerprint density at radius 2 is 0.867 bits per heavy atom. The Morgan fingerprint density at radius 1 is 0.467 bits per heavy atom. The van der Waals surface area contributed by atoms with Crippen LogP contribution in [-0.4, -0.2) is 0 Å². The molecule has 0 saturated carbocycles. The topological polar surface area (TPSA) is 52.0 Å². The first-order valence-electron chi connectivity index (χ1n) is 10.0. The summed E-state index contributed by atoms with van der Waals surface area (Å²) in [5, 5.41) is 5.09. The zero-order chi connectivity index (χ0) is 20.2. The second-order valence-electron chi connectivity index (χ2n) is 7.70. The number of benzene rings is 4. The lowest BCUT2D eigenvalue weighted by Crippen LogP contribution is -2.26. The Hall–Kier alpha value is -2.76. The molecule has 2 heterocycles. The first kappa shape index (κ1) is 18.0. The van der Waals surface area contributed by atoms with Crippen LogP contribution in [0.15, 0.2) is 84.9 Å². The van der Waals surface area contributed by atoms with Gasteiger partial charge in [0.1, 0.15) is 0 Å². The molecule has 0 fully saturated rings. The summed E-state index contributed by atoms with van der Waals surface area (Å²) in [7, 11) is 0. The molecule has 0 saturated heterocycles. The molecule has 0 aliphatic heterocycles. The van der Waals surface area contributed by atoms with Crippen molar-refractivity contribution in [1.29, 1.82) is 0 Å². The minimum atomic E-state index is -0.280. The molecule has 146 valence electrons. The van der Waals surface area contributed by atoms with Crippen LogP contribution in [0.5, 0.6) is 0 Å². The maximum Gasteiger partial charge on any atom is 0.0505 e. The molecule has 0 amide bonds. The highest BCUT2D eigenvalue weighted by Crippen LogP contribution is 2.42. The van der Waals surface area contributed by atoms with Crippen LogP contribution in [0.1, 0.15) is 23.2 Å². The van der Waals surface area contributed by atoms with Gasteiger partial charge in [-0.2, -0.15) is 0 Å². The van der Waals surface area contributed by atoms with Gasteiger partial charge in [-0.3, -0.25) is 0 Å². The predicted octanol–water partition coefficient (Wildman–Crippen LogP) is 7.12. The minimum absolute atomic E-state index is 0.280. The fourth-order valence-corrected chi connectivity index (χ4v) is 6.98. The summed E-state index contributed by atoms with van der Waals surface area (Å²) in [6, 6.07) is 29.3. The van der Waals surface area contributed by atoms with E-state index in [1.165, 1.54) is 40.3 Å². The molecule has 6 aromatic rings. The molecule has 0 aliphatic carbocycles. The van der Waals surface area contributed by atoms with Gasteiger partial charge in [0, 0.05) is 40.3 Å². The maximum absolute atomic E-state index is 6.83.